The molecule has 0 spiro atoms. The summed E-state index contributed by atoms with van der Waals surface area (Å²) in [7, 11) is 0. The molecule has 0 saturated heterocycles. The van der Waals surface area contributed by atoms with Crippen molar-refractivity contribution in [2.45, 2.75) is 19.1 Å². The highest BCUT2D eigenvalue weighted by Crippen LogP contribution is 2.23. The highest BCUT2D eigenvalue weighted by atomic mass is 35.5. The Hall–Kier alpha value is -1.17. The largest absolute Gasteiger partial charge is 0.382 e. The minimum absolute atomic E-state index is 0.0181. The lowest BCUT2D eigenvalue weighted by atomic mass is 10.1. The van der Waals surface area contributed by atoms with Crippen LogP contribution in [0.4, 0.5) is 4.39 Å². The van der Waals surface area contributed by atoms with Crippen molar-refractivity contribution in [1.29, 1.82) is 0 Å². The van der Waals surface area contributed by atoms with Gasteiger partial charge in [0.15, 0.2) is 0 Å². The lowest BCUT2D eigenvalue weighted by molar-refractivity contribution is -0.125. The Morgan fingerprint density at radius 2 is 2.29 bits per heavy atom. The number of rotatable bonds is 5. The Bertz CT molecular complexity index is 414. The number of hydrogen-bond acceptors (Lipinski definition) is 3. The van der Waals surface area contributed by atoms with Crippen LogP contribution in [0.5, 0.6) is 0 Å². The van der Waals surface area contributed by atoms with Crippen LogP contribution in [-0.4, -0.2) is 23.7 Å². The van der Waals surface area contributed by atoms with Gasteiger partial charge in [-0.2, -0.15) is 0 Å². The molecule has 2 unspecified atom stereocenters. The van der Waals surface area contributed by atoms with Crippen molar-refractivity contribution in [1.82, 2.24) is 5.32 Å². The van der Waals surface area contributed by atoms with Crippen molar-refractivity contribution in [2.75, 3.05) is 6.54 Å². The van der Waals surface area contributed by atoms with Gasteiger partial charge >= 0.3 is 0 Å². The minimum atomic E-state index is -1.25. The molecule has 1 rings (SSSR count). The molecule has 0 bridgehead atoms. The SMILES string of the molecule is CC(NCC(O)C(N)=O)c1ccc(F)cc1Cl. The van der Waals surface area contributed by atoms with Crippen molar-refractivity contribution >= 4 is 17.5 Å². The first kappa shape index (κ1) is 13.9. The van der Waals surface area contributed by atoms with Crippen LogP contribution >= 0.6 is 11.6 Å². The van der Waals surface area contributed by atoms with E-state index in [9.17, 15) is 14.3 Å². The Balaban J connectivity index is 2.64. The molecule has 4 nitrogen and oxygen atoms in total. The van der Waals surface area contributed by atoms with Gasteiger partial charge in [-0.25, -0.2) is 4.39 Å². The number of carbonyl (C=O) groups excluding carboxylic acids is 1. The van der Waals surface area contributed by atoms with E-state index in [1.54, 1.807) is 13.0 Å². The lowest BCUT2D eigenvalue weighted by Gasteiger charge is -2.17. The molecule has 0 aromatic heterocycles. The van der Waals surface area contributed by atoms with Crippen molar-refractivity contribution < 1.29 is 14.3 Å². The molecule has 0 aliphatic rings. The lowest BCUT2D eigenvalue weighted by Crippen LogP contribution is -2.38. The van der Waals surface area contributed by atoms with E-state index in [4.69, 9.17) is 17.3 Å². The van der Waals surface area contributed by atoms with Crippen molar-refractivity contribution in [2.24, 2.45) is 5.73 Å². The summed E-state index contributed by atoms with van der Waals surface area (Å²) < 4.78 is 12.8. The molecule has 2 atom stereocenters. The van der Waals surface area contributed by atoms with E-state index in [1.165, 1.54) is 12.1 Å². The second kappa shape index (κ2) is 5.95. The third kappa shape index (κ3) is 3.96. The molecule has 4 N–H and O–H groups in total. The van der Waals surface area contributed by atoms with E-state index in [0.29, 0.717) is 10.6 Å². The third-order valence-electron chi connectivity index (χ3n) is 2.37. The number of carbonyl (C=O) groups is 1. The highest BCUT2D eigenvalue weighted by molar-refractivity contribution is 6.31. The molecule has 0 aliphatic heterocycles. The van der Waals surface area contributed by atoms with Crippen molar-refractivity contribution in [3.63, 3.8) is 0 Å². The molecular formula is C11H14ClFN2O2. The molecule has 1 amide bonds. The summed E-state index contributed by atoms with van der Waals surface area (Å²) in [5.41, 5.74) is 5.59. The smallest absolute Gasteiger partial charge is 0.247 e. The normalized spacial score (nSPS) is 14.4. The van der Waals surface area contributed by atoms with Gasteiger partial charge in [-0.05, 0) is 24.6 Å². The van der Waals surface area contributed by atoms with Crippen LogP contribution in [0.1, 0.15) is 18.5 Å². The number of aliphatic hydroxyl groups excluding tert-OH is 1. The van der Waals surface area contributed by atoms with E-state index in [0.717, 1.165) is 0 Å². The summed E-state index contributed by atoms with van der Waals surface area (Å²) in [5.74, 6) is -1.21. The number of halogens is 2. The van der Waals surface area contributed by atoms with Crippen LogP contribution in [0.15, 0.2) is 18.2 Å². The zero-order valence-corrected chi connectivity index (χ0v) is 10.0. The zero-order valence-electron chi connectivity index (χ0n) is 9.28. The fraction of sp³-hybridized carbons (Fsp3) is 0.364. The summed E-state index contributed by atoms with van der Waals surface area (Å²) >= 11 is 5.87. The second-order valence-electron chi connectivity index (χ2n) is 3.71. The van der Waals surface area contributed by atoms with Crippen LogP contribution in [0.3, 0.4) is 0 Å². The summed E-state index contributed by atoms with van der Waals surface area (Å²) in [6.45, 7) is 1.80. The van der Waals surface area contributed by atoms with Crippen LogP contribution in [0.2, 0.25) is 5.02 Å². The highest BCUT2D eigenvalue weighted by Gasteiger charge is 2.14. The fourth-order valence-electron chi connectivity index (χ4n) is 1.35. The number of hydrogen-bond donors (Lipinski definition) is 3. The summed E-state index contributed by atoms with van der Waals surface area (Å²) in [4.78, 5) is 10.6. The van der Waals surface area contributed by atoms with Crippen LogP contribution in [0, 0.1) is 5.82 Å². The molecule has 0 aliphatic carbocycles. The Morgan fingerprint density at radius 3 is 2.82 bits per heavy atom. The third-order valence-corrected chi connectivity index (χ3v) is 2.70. The first-order valence-electron chi connectivity index (χ1n) is 5.07. The Kier molecular flexibility index (Phi) is 4.86. The monoisotopic (exact) mass is 260 g/mol. The Labute approximate surface area is 104 Å². The predicted molar refractivity (Wildman–Crippen MR) is 63.0 cm³/mol. The average molecular weight is 261 g/mol. The number of benzene rings is 1. The van der Waals surface area contributed by atoms with E-state index in [2.05, 4.69) is 5.32 Å². The van der Waals surface area contributed by atoms with Gasteiger partial charge in [0.25, 0.3) is 0 Å². The van der Waals surface area contributed by atoms with Crippen molar-refractivity contribution in [3.8, 4) is 0 Å². The van der Waals surface area contributed by atoms with E-state index in [-0.39, 0.29) is 12.6 Å². The maximum absolute atomic E-state index is 12.8. The van der Waals surface area contributed by atoms with Gasteiger partial charge in [-0.15, -0.1) is 0 Å². The molecule has 94 valence electrons. The average Bonchev–Trinajstić information content (AvgIpc) is 2.25. The maximum atomic E-state index is 12.8. The molecular weight excluding hydrogens is 247 g/mol. The van der Waals surface area contributed by atoms with E-state index < -0.39 is 17.8 Å². The molecule has 0 heterocycles. The van der Waals surface area contributed by atoms with Gasteiger partial charge in [0.05, 0.1) is 0 Å². The van der Waals surface area contributed by atoms with Gasteiger partial charge < -0.3 is 16.2 Å². The minimum Gasteiger partial charge on any atom is -0.382 e. The van der Waals surface area contributed by atoms with E-state index in [1.807, 2.05) is 0 Å². The summed E-state index contributed by atoms with van der Waals surface area (Å²) in [5, 5.41) is 12.4. The topological polar surface area (TPSA) is 75.3 Å². The molecule has 17 heavy (non-hydrogen) atoms. The number of nitrogens with two attached hydrogens (primary N) is 1. The first-order chi connectivity index (χ1) is 7.91. The van der Waals surface area contributed by atoms with Gasteiger partial charge in [0, 0.05) is 17.6 Å². The Morgan fingerprint density at radius 1 is 1.65 bits per heavy atom. The summed E-state index contributed by atoms with van der Waals surface area (Å²) in [6.07, 6.45) is -1.25. The van der Waals surface area contributed by atoms with Gasteiger partial charge in [0.2, 0.25) is 5.91 Å². The number of primary amides is 1. The van der Waals surface area contributed by atoms with Crippen molar-refractivity contribution in [3.05, 3.63) is 34.6 Å². The molecule has 0 radical (unpaired) electrons. The standard InChI is InChI=1S/C11H14ClFN2O2/c1-6(15-5-10(16)11(14)17)8-3-2-7(13)4-9(8)12/h2-4,6,10,15-16H,5H2,1H3,(H2,14,17). The van der Waals surface area contributed by atoms with E-state index >= 15 is 0 Å². The number of nitrogens with one attached hydrogen (secondary N) is 1. The first-order valence-corrected chi connectivity index (χ1v) is 5.45. The molecule has 0 saturated carbocycles. The zero-order chi connectivity index (χ0) is 13.0. The molecule has 1 aromatic carbocycles. The van der Waals surface area contributed by atoms with Gasteiger partial charge in [-0.1, -0.05) is 17.7 Å². The van der Waals surface area contributed by atoms with Crippen LogP contribution in [0.25, 0.3) is 0 Å². The quantitative estimate of drug-likeness (QED) is 0.739. The van der Waals surface area contributed by atoms with Gasteiger partial charge in [0.1, 0.15) is 11.9 Å². The number of aliphatic hydroxyl groups is 1. The van der Waals surface area contributed by atoms with Crippen LogP contribution in [-0.2, 0) is 4.79 Å². The molecule has 1 aromatic rings. The van der Waals surface area contributed by atoms with Gasteiger partial charge in [-0.3, -0.25) is 4.79 Å². The fourth-order valence-corrected chi connectivity index (χ4v) is 1.68. The van der Waals surface area contributed by atoms with Crippen LogP contribution < -0.4 is 11.1 Å². The molecule has 0 fully saturated rings. The number of amides is 1. The second-order valence-corrected chi connectivity index (χ2v) is 4.12. The summed E-state index contributed by atoms with van der Waals surface area (Å²) in [6, 6.07) is 3.83. The maximum Gasteiger partial charge on any atom is 0.247 e. The predicted octanol–water partition coefficient (Wildman–Crippen LogP) is 0.976. The molecule has 6 heteroatoms.